The Morgan fingerprint density at radius 1 is 1.20 bits per heavy atom. The molecule has 2 saturated heterocycles. The van der Waals surface area contributed by atoms with Gasteiger partial charge in [-0.2, -0.15) is 0 Å². The fraction of sp³-hybridized carbons (Fsp3) is 0.947. The van der Waals surface area contributed by atoms with E-state index in [1.807, 2.05) is 0 Å². The van der Waals surface area contributed by atoms with E-state index in [4.69, 9.17) is 9.73 Å². The van der Waals surface area contributed by atoms with E-state index in [2.05, 4.69) is 36.0 Å². The number of nitrogens with zero attached hydrogens (tertiary/aromatic N) is 3. The smallest absolute Gasteiger partial charge is 0.193 e. The third-order valence-electron chi connectivity index (χ3n) is 5.46. The fourth-order valence-corrected chi connectivity index (χ4v) is 3.79. The van der Waals surface area contributed by atoms with Crippen LogP contribution in [0.4, 0.5) is 0 Å². The predicted molar refractivity (Wildman–Crippen MR) is 117 cm³/mol. The lowest BCUT2D eigenvalue weighted by atomic mass is 9.96. The number of rotatable bonds is 7. The SMILES string of the molecule is CCNC(=NCC1CCCN(CC)C1)N(C)CCC1CCOCC1.I. The molecular weight excluding hydrogens is 427 g/mol. The summed E-state index contributed by atoms with van der Waals surface area (Å²) in [6.45, 7) is 12.9. The largest absolute Gasteiger partial charge is 0.381 e. The van der Waals surface area contributed by atoms with E-state index in [1.165, 1.54) is 51.7 Å². The summed E-state index contributed by atoms with van der Waals surface area (Å²) in [4.78, 5) is 9.83. The zero-order chi connectivity index (χ0) is 17.2. The van der Waals surface area contributed by atoms with Crippen LogP contribution in [0, 0.1) is 11.8 Å². The first-order valence-electron chi connectivity index (χ1n) is 10.0. The number of nitrogens with one attached hydrogen (secondary N) is 1. The number of ether oxygens (including phenoxy) is 1. The molecule has 0 amide bonds. The van der Waals surface area contributed by atoms with Crippen molar-refractivity contribution >= 4 is 29.9 Å². The Labute approximate surface area is 172 Å². The van der Waals surface area contributed by atoms with Crippen molar-refractivity contribution in [2.75, 3.05) is 59.5 Å². The number of hydrogen-bond acceptors (Lipinski definition) is 3. The maximum Gasteiger partial charge on any atom is 0.193 e. The molecule has 6 heteroatoms. The van der Waals surface area contributed by atoms with E-state index in [-0.39, 0.29) is 24.0 Å². The molecule has 148 valence electrons. The maximum atomic E-state index is 5.46. The first-order valence-corrected chi connectivity index (χ1v) is 10.0. The molecule has 2 aliphatic rings. The van der Waals surface area contributed by atoms with Gasteiger partial charge in [0.25, 0.3) is 0 Å². The number of hydrogen-bond donors (Lipinski definition) is 1. The van der Waals surface area contributed by atoms with E-state index in [1.54, 1.807) is 0 Å². The highest BCUT2D eigenvalue weighted by Gasteiger charge is 2.19. The topological polar surface area (TPSA) is 40.1 Å². The third-order valence-corrected chi connectivity index (χ3v) is 5.46. The molecule has 0 aromatic heterocycles. The second kappa shape index (κ2) is 13.1. The van der Waals surface area contributed by atoms with E-state index >= 15 is 0 Å². The van der Waals surface area contributed by atoms with Crippen LogP contribution in [0.5, 0.6) is 0 Å². The molecule has 2 aliphatic heterocycles. The summed E-state index contributed by atoms with van der Waals surface area (Å²) in [5.74, 6) is 2.62. The lowest BCUT2D eigenvalue weighted by molar-refractivity contribution is 0.0625. The van der Waals surface area contributed by atoms with Crippen molar-refractivity contribution in [1.29, 1.82) is 0 Å². The minimum absolute atomic E-state index is 0. The van der Waals surface area contributed by atoms with Gasteiger partial charge in [-0.3, -0.25) is 4.99 Å². The second-order valence-electron chi connectivity index (χ2n) is 7.36. The molecule has 0 radical (unpaired) electrons. The molecular formula is C19H39IN4O. The van der Waals surface area contributed by atoms with Crippen molar-refractivity contribution in [3.8, 4) is 0 Å². The van der Waals surface area contributed by atoms with Crippen LogP contribution in [-0.4, -0.2) is 75.3 Å². The fourth-order valence-electron chi connectivity index (χ4n) is 3.79. The van der Waals surface area contributed by atoms with Crippen molar-refractivity contribution in [3.05, 3.63) is 0 Å². The van der Waals surface area contributed by atoms with E-state index in [0.29, 0.717) is 0 Å². The van der Waals surface area contributed by atoms with Crippen molar-refractivity contribution in [1.82, 2.24) is 15.1 Å². The Hall–Kier alpha value is -0.0800. The first-order chi connectivity index (χ1) is 11.7. The molecule has 0 aromatic rings. The second-order valence-corrected chi connectivity index (χ2v) is 7.36. The summed E-state index contributed by atoms with van der Waals surface area (Å²) in [7, 11) is 2.18. The summed E-state index contributed by atoms with van der Waals surface area (Å²) in [6, 6.07) is 0. The van der Waals surface area contributed by atoms with Crippen LogP contribution in [0.2, 0.25) is 0 Å². The lowest BCUT2D eigenvalue weighted by Crippen LogP contribution is -2.41. The average molecular weight is 466 g/mol. The zero-order valence-electron chi connectivity index (χ0n) is 16.5. The van der Waals surface area contributed by atoms with Crippen LogP contribution in [0.15, 0.2) is 4.99 Å². The van der Waals surface area contributed by atoms with Crippen LogP contribution < -0.4 is 5.32 Å². The van der Waals surface area contributed by atoms with Gasteiger partial charge < -0.3 is 19.9 Å². The van der Waals surface area contributed by atoms with Crippen LogP contribution >= 0.6 is 24.0 Å². The van der Waals surface area contributed by atoms with Crippen LogP contribution in [0.3, 0.4) is 0 Å². The molecule has 2 rings (SSSR count). The minimum Gasteiger partial charge on any atom is -0.381 e. The molecule has 0 aromatic carbocycles. The summed E-state index contributed by atoms with van der Waals surface area (Å²) < 4.78 is 5.46. The monoisotopic (exact) mass is 466 g/mol. The van der Waals surface area contributed by atoms with Gasteiger partial charge >= 0.3 is 0 Å². The van der Waals surface area contributed by atoms with Gasteiger partial charge in [0, 0.05) is 46.4 Å². The van der Waals surface area contributed by atoms with Crippen molar-refractivity contribution in [3.63, 3.8) is 0 Å². The highest BCUT2D eigenvalue weighted by atomic mass is 127. The van der Waals surface area contributed by atoms with Gasteiger partial charge in [-0.25, -0.2) is 0 Å². The molecule has 1 atom stereocenters. The van der Waals surface area contributed by atoms with Crippen molar-refractivity contribution in [2.24, 2.45) is 16.8 Å². The highest BCUT2D eigenvalue weighted by Crippen LogP contribution is 2.19. The van der Waals surface area contributed by atoms with E-state index in [9.17, 15) is 0 Å². The Morgan fingerprint density at radius 2 is 1.96 bits per heavy atom. The summed E-state index contributed by atoms with van der Waals surface area (Å²) in [5, 5.41) is 3.47. The van der Waals surface area contributed by atoms with Crippen LogP contribution in [0.1, 0.15) is 46.0 Å². The Bertz CT molecular complexity index is 374. The third kappa shape index (κ3) is 8.43. The van der Waals surface area contributed by atoms with Gasteiger partial charge in [0.05, 0.1) is 0 Å². The minimum atomic E-state index is 0. The van der Waals surface area contributed by atoms with Crippen molar-refractivity contribution in [2.45, 2.75) is 46.0 Å². The van der Waals surface area contributed by atoms with Gasteiger partial charge in [-0.05, 0) is 64.0 Å². The number of likely N-dealkylation sites (tertiary alicyclic amines) is 1. The van der Waals surface area contributed by atoms with Crippen molar-refractivity contribution < 1.29 is 4.74 Å². The molecule has 1 unspecified atom stereocenters. The maximum absolute atomic E-state index is 5.46. The predicted octanol–water partition coefficient (Wildman–Crippen LogP) is 3.05. The zero-order valence-corrected chi connectivity index (χ0v) is 18.8. The van der Waals surface area contributed by atoms with E-state index in [0.717, 1.165) is 50.6 Å². The number of piperidine rings is 1. The molecule has 0 saturated carbocycles. The molecule has 1 N–H and O–H groups in total. The first kappa shape index (κ1) is 23.0. The Balaban J connectivity index is 0.00000312. The van der Waals surface area contributed by atoms with Gasteiger partial charge in [0.1, 0.15) is 0 Å². The number of aliphatic imine (C=N–C) groups is 1. The van der Waals surface area contributed by atoms with Gasteiger partial charge in [-0.15, -0.1) is 24.0 Å². The number of halogens is 1. The molecule has 2 fully saturated rings. The molecule has 2 heterocycles. The average Bonchev–Trinajstić information content (AvgIpc) is 2.64. The summed E-state index contributed by atoms with van der Waals surface area (Å²) in [5.41, 5.74) is 0. The van der Waals surface area contributed by atoms with Crippen LogP contribution in [-0.2, 0) is 4.74 Å². The number of guanidine groups is 1. The van der Waals surface area contributed by atoms with Gasteiger partial charge in [0.15, 0.2) is 5.96 Å². The Morgan fingerprint density at radius 3 is 2.64 bits per heavy atom. The van der Waals surface area contributed by atoms with Gasteiger partial charge in [0.2, 0.25) is 0 Å². The molecule has 0 spiro atoms. The summed E-state index contributed by atoms with van der Waals surface area (Å²) >= 11 is 0. The normalized spacial score (nSPS) is 23.2. The standard InChI is InChI=1S/C19H38N4O.HI/c1-4-20-19(21-15-18-7-6-11-23(5-2)16-18)22(3)12-8-17-9-13-24-14-10-17;/h17-18H,4-16H2,1-3H3,(H,20,21);1H. The molecule has 0 bridgehead atoms. The van der Waals surface area contributed by atoms with Crippen LogP contribution in [0.25, 0.3) is 0 Å². The molecule has 5 nitrogen and oxygen atoms in total. The Kier molecular flexibility index (Phi) is 12.1. The highest BCUT2D eigenvalue weighted by molar-refractivity contribution is 14.0. The lowest BCUT2D eigenvalue weighted by Gasteiger charge is -2.31. The van der Waals surface area contributed by atoms with Gasteiger partial charge in [-0.1, -0.05) is 6.92 Å². The van der Waals surface area contributed by atoms with E-state index < -0.39 is 0 Å². The quantitative estimate of drug-likeness (QED) is 0.356. The molecule has 25 heavy (non-hydrogen) atoms. The molecule has 0 aliphatic carbocycles. The summed E-state index contributed by atoms with van der Waals surface area (Å²) in [6.07, 6.45) is 6.33.